The Bertz CT molecular complexity index is 668. The molecule has 4 rings (SSSR count). The Kier molecular flexibility index (Phi) is 4.55. The molecule has 0 spiro atoms. The molecule has 2 aromatic rings. The van der Waals surface area contributed by atoms with Crippen molar-refractivity contribution < 1.29 is 9.53 Å². The van der Waals surface area contributed by atoms with Crippen molar-refractivity contribution in [2.24, 2.45) is 0 Å². The van der Waals surface area contributed by atoms with Crippen molar-refractivity contribution in [1.29, 1.82) is 0 Å². The van der Waals surface area contributed by atoms with Gasteiger partial charge in [-0.05, 0) is 12.1 Å². The average molecular weight is 331 g/mol. The minimum Gasteiger partial charge on any atom is -0.457 e. The summed E-state index contributed by atoms with van der Waals surface area (Å²) in [4.78, 5) is 15.1. The maximum atomic E-state index is 13.1. The number of nitrogens with one attached hydrogen (secondary N) is 1. The van der Waals surface area contributed by atoms with Gasteiger partial charge in [-0.15, -0.1) is 12.4 Å². The van der Waals surface area contributed by atoms with Gasteiger partial charge in [0.05, 0.1) is 5.92 Å². The van der Waals surface area contributed by atoms with Crippen molar-refractivity contribution in [3.63, 3.8) is 0 Å². The van der Waals surface area contributed by atoms with Crippen LogP contribution in [0.1, 0.15) is 17.0 Å². The highest BCUT2D eigenvalue weighted by molar-refractivity contribution is 5.89. The van der Waals surface area contributed by atoms with Gasteiger partial charge in [-0.1, -0.05) is 36.4 Å². The van der Waals surface area contributed by atoms with Crippen molar-refractivity contribution >= 4 is 18.3 Å². The monoisotopic (exact) mass is 330 g/mol. The molecule has 0 saturated carbocycles. The zero-order valence-corrected chi connectivity index (χ0v) is 13.5. The van der Waals surface area contributed by atoms with Crippen LogP contribution in [0, 0.1) is 0 Å². The molecule has 2 heterocycles. The Morgan fingerprint density at radius 1 is 0.957 bits per heavy atom. The first-order valence-electron chi connectivity index (χ1n) is 7.70. The lowest BCUT2D eigenvalue weighted by molar-refractivity contribution is -0.132. The minimum atomic E-state index is -0.265. The van der Waals surface area contributed by atoms with Crippen LogP contribution in [-0.2, 0) is 4.79 Å². The van der Waals surface area contributed by atoms with E-state index in [-0.39, 0.29) is 24.2 Å². The fourth-order valence-electron chi connectivity index (χ4n) is 3.24. The highest BCUT2D eigenvalue weighted by atomic mass is 35.5. The molecule has 0 bridgehead atoms. The molecule has 23 heavy (non-hydrogen) atoms. The normalized spacial score (nSPS) is 16.6. The van der Waals surface area contributed by atoms with Gasteiger partial charge >= 0.3 is 0 Å². The predicted octanol–water partition coefficient (Wildman–Crippen LogP) is 2.78. The topological polar surface area (TPSA) is 41.6 Å². The lowest BCUT2D eigenvalue weighted by atomic mass is 9.86. The standard InChI is InChI=1S/C18H18N2O2.ClH/c21-18(20-11-9-19-10-12-20)17-13-5-1-3-7-15(13)22-16-8-4-2-6-14(16)17;/h1-8,17,19H,9-12H2;1H. The van der Waals surface area contributed by atoms with Crippen molar-refractivity contribution in [2.45, 2.75) is 5.92 Å². The summed E-state index contributed by atoms with van der Waals surface area (Å²) in [6.07, 6.45) is 0. The van der Waals surface area contributed by atoms with Gasteiger partial charge in [0.25, 0.3) is 0 Å². The zero-order valence-electron chi connectivity index (χ0n) is 12.7. The first-order chi connectivity index (χ1) is 10.8. The largest absolute Gasteiger partial charge is 0.457 e. The SMILES string of the molecule is Cl.O=C(C1c2ccccc2Oc2ccccc21)N1CCNCC1. The summed E-state index contributed by atoms with van der Waals surface area (Å²) in [5, 5.41) is 3.29. The number of hydrogen-bond donors (Lipinski definition) is 1. The molecule has 1 saturated heterocycles. The fourth-order valence-corrected chi connectivity index (χ4v) is 3.24. The zero-order chi connectivity index (χ0) is 14.9. The average Bonchev–Trinajstić information content (AvgIpc) is 2.60. The van der Waals surface area contributed by atoms with Crippen LogP contribution in [0.25, 0.3) is 0 Å². The van der Waals surface area contributed by atoms with Crippen LogP contribution in [-0.4, -0.2) is 37.0 Å². The van der Waals surface area contributed by atoms with E-state index in [1.165, 1.54) is 0 Å². The van der Waals surface area contributed by atoms with Gasteiger partial charge < -0.3 is 15.0 Å². The first-order valence-corrected chi connectivity index (χ1v) is 7.70. The van der Waals surface area contributed by atoms with Gasteiger partial charge in [0.2, 0.25) is 5.91 Å². The second-order valence-electron chi connectivity index (χ2n) is 5.69. The molecule has 120 valence electrons. The van der Waals surface area contributed by atoms with Gasteiger partial charge in [0, 0.05) is 37.3 Å². The van der Waals surface area contributed by atoms with Crippen LogP contribution in [0.15, 0.2) is 48.5 Å². The number of hydrogen-bond acceptors (Lipinski definition) is 3. The predicted molar refractivity (Wildman–Crippen MR) is 91.5 cm³/mol. The molecule has 0 unspecified atom stereocenters. The molecule has 1 fully saturated rings. The van der Waals surface area contributed by atoms with E-state index in [0.717, 1.165) is 48.8 Å². The Hall–Kier alpha value is -2.04. The highest BCUT2D eigenvalue weighted by Crippen LogP contribution is 2.44. The Morgan fingerprint density at radius 3 is 2.04 bits per heavy atom. The number of carbonyl (C=O) groups is 1. The Balaban J connectivity index is 0.00000156. The lowest BCUT2D eigenvalue weighted by Gasteiger charge is -2.34. The third-order valence-corrected chi connectivity index (χ3v) is 4.36. The van der Waals surface area contributed by atoms with E-state index < -0.39 is 0 Å². The van der Waals surface area contributed by atoms with E-state index in [4.69, 9.17) is 4.74 Å². The summed E-state index contributed by atoms with van der Waals surface area (Å²) in [6, 6.07) is 15.7. The molecule has 1 amide bonds. The van der Waals surface area contributed by atoms with Crippen LogP contribution in [0.4, 0.5) is 0 Å². The molecule has 1 N–H and O–H groups in total. The number of benzene rings is 2. The second kappa shape index (κ2) is 6.60. The fraction of sp³-hybridized carbons (Fsp3) is 0.278. The molecular weight excluding hydrogens is 312 g/mol. The van der Waals surface area contributed by atoms with Crippen LogP contribution >= 0.6 is 12.4 Å². The number of piperazine rings is 1. The number of para-hydroxylation sites is 2. The van der Waals surface area contributed by atoms with Gasteiger partial charge in [-0.25, -0.2) is 0 Å². The number of rotatable bonds is 1. The second-order valence-corrected chi connectivity index (χ2v) is 5.69. The number of nitrogens with zero attached hydrogens (tertiary/aromatic N) is 1. The van der Waals surface area contributed by atoms with E-state index >= 15 is 0 Å². The third-order valence-electron chi connectivity index (χ3n) is 4.36. The maximum Gasteiger partial charge on any atom is 0.234 e. The highest BCUT2D eigenvalue weighted by Gasteiger charge is 2.35. The third kappa shape index (κ3) is 2.80. The molecule has 4 nitrogen and oxygen atoms in total. The van der Waals surface area contributed by atoms with Gasteiger partial charge in [-0.2, -0.15) is 0 Å². The number of ether oxygens (including phenoxy) is 1. The van der Waals surface area contributed by atoms with E-state index in [0.29, 0.717) is 0 Å². The molecule has 0 aromatic heterocycles. The molecule has 5 heteroatoms. The summed E-state index contributed by atoms with van der Waals surface area (Å²) < 4.78 is 5.96. The van der Waals surface area contributed by atoms with Gasteiger partial charge in [0.1, 0.15) is 11.5 Å². The van der Waals surface area contributed by atoms with Crippen LogP contribution in [0.3, 0.4) is 0 Å². The number of fused-ring (bicyclic) bond motifs is 2. The summed E-state index contributed by atoms with van der Waals surface area (Å²) >= 11 is 0. The van der Waals surface area contributed by atoms with Crippen LogP contribution < -0.4 is 10.1 Å². The first kappa shape index (κ1) is 15.8. The molecule has 2 aliphatic rings. The van der Waals surface area contributed by atoms with E-state index in [2.05, 4.69) is 5.32 Å². The number of amides is 1. The van der Waals surface area contributed by atoms with Crippen molar-refractivity contribution in [3.8, 4) is 11.5 Å². The Morgan fingerprint density at radius 2 is 1.48 bits per heavy atom. The smallest absolute Gasteiger partial charge is 0.234 e. The molecule has 0 radical (unpaired) electrons. The van der Waals surface area contributed by atoms with Crippen molar-refractivity contribution in [1.82, 2.24) is 10.2 Å². The Labute approximate surface area is 141 Å². The number of halogens is 1. The molecule has 0 aliphatic carbocycles. The van der Waals surface area contributed by atoms with Crippen molar-refractivity contribution in [3.05, 3.63) is 59.7 Å². The summed E-state index contributed by atoms with van der Waals surface area (Å²) in [5.41, 5.74) is 1.93. The maximum absolute atomic E-state index is 13.1. The minimum absolute atomic E-state index is 0. The summed E-state index contributed by atoms with van der Waals surface area (Å²) in [6.45, 7) is 3.25. The van der Waals surface area contributed by atoms with E-state index in [9.17, 15) is 4.79 Å². The molecule has 0 atom stereocenters. The summed E-state index contributed by atoms with van der Waals surface area (Å²) in [7, 11) is 0. The van der Waals surface area contributed by atoms with Gasteiger partial charge in [0.15, 0.2) is 0 Å². The van der Waals surface area contributed by atoms with Gasteiger partial charge in [-0.3, -0.25) is 4.79 Å². The molecule has 2 aliphatic heterocycles. The lowest BCUT2D eigenvalue weighted by Crippen LogP contribution is -2.48. The van der Waals surface area contributed by atoms with Crippen LogP contribution in [0.5, 0.6) is 11.5 Å². The summed E-state index contributed by atoms with van der Waals surface area (Å²) in [5.74, 6) is 1.48. The van der Waals surface area contributed by atoms with E-state index in [1.807, 2.05) is 53.4 Å². The van der Waals surface area contributed by atoms with Crippen LogP contribution in [0.2, 0.25) is 0 Å². The quantitative estimate of drug-likeness (QED) is 0.874. The molecular formula is C18H19ClN2O2. The van der Waals surface area contributed by atoms with Crippen molar-refractivity contribution in [2.75, 3.05) is 26.2 Å². The van der Waals surface area contributed by atoms with E-state index in [1.54, 1.807) is 0 Å². The molecule has 2 aromatic carbocycles. The number of carbonyl (C=O) groups excluding carboxylic acids is 1.